The second kappa shape index (κ2) is 13.6. The molecule has 236 valence electrons. The number of aromatic nitrogens is 2. The number of aryl methyl sites for hydroxylation is 2. The molecule has 0 unspecified atom stereocenters. The average Bonchev–Trinajstić information content (AvgIpc) is 3.12. The maximum atomic E-state index is 13.7. The molecule has 0 radical (unpaired) electrons. The van der Waals surface area contributed by atoms with E-state index in [-0.39, 0.29) is 11.8 Å². The lowest BCUT2D eigenvalue weighted by Gasteiger charge is -2.26. The largest absolute Gasteiger partial charge is 0.351 e. The number of amides is 2. The molecular formula is C41H40N4O2. The van der Waals surface area contributed by atoms with E-state index in [0.29, 0.717) is 24.2 Å². The number of para-hydroxylation sites is 2. The van der Waals surface area contributed by atoms with Crippen molar-refractivity contribution < 1.29 is 9.59 Å². The summed E-state index contributed by atoms with van der Waals surface area (Å²) in [7, 11) is 0. The number of pyridine rings is 2. The molecule has 2 aromatic heterocycles. The quantitative estimate of drug-likeness (QED) is 0.161. The van der Waals surface area contributed by atoms with E-state index in [1.54, 1.807) is 0 Å². The van der Waals surface area contributed by atoms with Crippen LogP contribution in [0.2, 0.25) is 0 Å². The fourth-order valence-corrected chi connectivity index (χ4v) is 5.74. The third-order valence-electron chi connectivity index (χ3n) is 8.69. The monoisotopic (exact) mass is 620 g/mol. The van der Waals surface area contributed by atoms with Gasteiger partial charge in [-0.05, 0) is 53.6 Å². The third-order valence-corrected chi connectivity index (χ3v) is 8.69. The van der Waals surface area contributed by atoms with Gasteiger partial charge in [-0.3, -0.25) is 9.59 Å². The first-order valence-electron chi connectivity index (χ1n) is 16.3. The van der Waals surface area contributed by atoms with E-state index in [1.165, 1.54) is 11.1 Å². The summed E-state index contributed by atoms with van der Waals surface area (Å²) in [6.45, 7) is 9.06. The molecule has 6 nitrogen and oxygen atoms in total. The van der Waals surface area contributed by atoms with Gasteiger partial charge in [0.15, 0.2) is 0 Å². The molecule has 0 saturated carbocycles. The molecular weight excluding hydrogens is 580 g/mol. The van der Waals surface area contributed by atoms with Crippen LogP contribution in [0.3, 0.4) is 0 Å². The van der Waals surface area contributed by atoms with Crippen molar-refractivity contribution in [2.45, 2.75) is 40.5 Å². The predicted molar refractivity (Wildman–Crippen MR) is 192 cm³/mol. The topological polar surface area (TPSA) is 84.0 Å². The van der Waals surface area contributed by atoms with Gasteiger partial charge in [-0.1, -0.05) is 113 Å². The van der Waals surface area contributed by atoms with Crippen LogP contribution in [0.25, 0.3) is 44.3 Å². The van der Waals surface area contributed by atoms with Crippen molar-refractivity contribution in [3.05, 3.63) is 131 Å². The van der Waals surface area contributed by atoms with Crippen LogP contribution < -0.4 is 10.6 Å². The molecule has 4 aromatic carbocycles. The molecule has 0 aliphatic carbocycles. The van der Waals surface area contributed by atoms with Gasteiger partial charge in [-0.15, -0.1) is 0 Å². The van der Waals surface area contributed by atoms with Gasteiger partial charge in [-0.25, -0.2) is 9.97 Å². The van der Waals surface area contributed by atoms with E-state index in [0.717, 1.165) is 57.2 Å². The summed E-state index contributed by atoms with van der Waals surface area (Å²) in [5, 5.41) is 7.87. The highest BCUT2D eigenvalue weighted by Crippen LogP contribution is 2.27. The summed E-state index contributed by atoms with van der Waals surface area (Å²) in [5.41, 5.74) is 8.22. The van der Waals surface area contributed by atoms with Crippen molar-refractivity contribution in [1.29, 1.82) is 0 Å². The molecule has 0 aliphatic heterocycles. The summed E-state index contributed by atoms with van der Waals surface area (Å²) in [5.74, 6) is -0.346. The van der Waals surface area contributed by atoms with Crippen LogP contribution in [0.5, 0.6) is 0 Å². The number of hydrogen-bond acceptors (Lipinski definition) is 4. The number of fused-ring (bicyclic) bond motifs is 2. The number of nitrogens with zero attached hydrogens (tertiary/aromatic N) is 2. The Kier molecular flexibility index (Phi) is 9.12. The molecule has 0 aliphatic rings. The zero-order chi connectivity index (χ0) is 33.0. The molecule has 0 fully saturated rings. The maximum absolute atomic E-state index is 13.7. The Labute approximate surface area is 276 Å². The van der Waals surface area contributed by atoms with Crippen LogP contribution in [0, 0.1) is 5.41 Å². The molecule has 6 rings (SSSR count). The zero-order valence-corrected chi connectivity index (χ0v) is 27.4. The first-order chi connectivity index (χ1) is 22.7. The highest BCUT2D eigenvalue weighted by Gasteiger charge is 2.23. The number of nitrogens with one attached hydrogen (secondary N) is 2. The lowest BCUT2D eigenvalue weighted by atomic mass is 9.92. The van der Waals surface area contributed by atoms with Crippen LogP contribution in [0.4, 0.5) is 0 Å². The molecule has 0 bridgehead atoms. The van der Waals surface area contributed by atoms with Crippen molar-refractivity contribution in [3.63, 3.8) is 0 Å². The van der Waals surface area contributed by atoms with Gasteiger partial charge in [0.2, 0.25) is 0 Å². The van der Waals surface area contributed by atoms with Gasteiger partial charge >= 0.3 is 0 Å². The summed E-state index contributed by atoms with van der Waals surface area (Å²) in [6.07, 6.45) is 1.92. The van der Waals surface area contributed by atoms with E-state index < -0.39 is 5.41 Å². The Balaban J connectivity index is 1.18. The normalized spacial score (nSPS) is 11.5. The summed E-state index contributed by atoms with van der Waals surface area (Å²) >= 11 is 0. The molecule has 2 heterocycles. The van der Waals surface area contributed by atoms with E-state index in [9.17, 15) is 9.59 Å². The SMILES string of the molecule is CCc1ccc(-c2cc(C(=O)NCC(C)(C)CNC(=O)c3cc(-c4ccc(CC)cc4)nc4ccccc34)c3ccccc3n2)cc1. The van der Waals surface area contributed by atoms with E-state index in [2.05, 4.69) is 73.0 Å². The van der Waals surface area contributed by atoms with Crippen molar-refractivity contribution in [2.75, 3.05) is 13.1 Å². The number of benzene rings is 4. The van der Waals surface area contributed by atoms with E-state index in [1.807, 2.05) is 74.5 Å². The van der Waals surface area contributed by atoms with Gasteiger partial charge in [0, 0.05) is 35.0 Å². The van der Waals surface area contributed by atoms with Gasteiger partial charge in [-0.2, -0.15) is 0 Å². The van der Waals surface area contributed by atoms with Gasteiger partial charge < -0.3 is 10.6 Å². The van der Waals surface area contributed by atoms with Gasteiger partial charge in [0.25, 0.3) is 11.8 Å². The lowest BCUT2D eigenvalue weighted by molar-refractivity contribution is 0.0921. The lowest BCUT2D eigenvalue weighted by Crippen LogP contribution is -2.42. The van der Waals surface area contributed by atoms with Gasteiger partial charge in [0.05, 0.1) is 33.5 Å². The molecule has 0 saturated heterocycles. The van der Waals surface area contributed by atoms with Crippen molar-refractivity contribution in [3.8, 4) is 22.5 Å². The standard InChI is InChI=1S/C41H40N4O2/c1-5-27-15-19-29(20-16-27)37-23-33(31-11-7-9-13-35(31)44-37)39(46)42-25-41(3,4)26-43-40(47)34-24-38(30-21-17-28(6-2)18-22-30)45-36-14-10-8-12-32(34)36/h7-24H,5-6,25-26H2,1-4H3,(H,42,46)(H,43,47). The fraction of sp³-hybridized carbons (Fsp3) is 0.220. The summed E-state index contributed by atoms with van der Waals surface area (Å²) in [4.78, 5) is 37.1. The molecule has 47 heavy (non-hydrogen) atoms. The Bertz CT molecular complexity index is 1920. The Morgan fingerprint density at radius 1 is 0.574 bits per heavy atom. The number of carbonyl (C=O) groups excluding carboxylic acids is 2. The Morgan fingerprint density at radius 2 is 0.957 bits per heavy atom. The highest BCUT2D eigenvalue weighted by atomic mass is 16.2. The van der Waals surface area contributed by atoms with E-state index >= 15 is 0 Å². The first-order valence-corrected chi connectivity index (χ1v) is 16.3. The third kappa shape index (κ3) is 7.07. The molecule has 6 heteroatoms. The van der Waals surface area contributed by atoms with Crippen LogP contribution >= 0.6 is 0 Å². The first kappa shape index (κ1) is 31.6. The van der Waals surface area contributed by atoms with Crippen LogP contribution in [-0.2, 0) is 12.8 Å². The molecule has 6 aromatic rings. The molecule has 0 spiro atoms. The predicted octanol–water partition coefficient (Wildman–Crippen LogP) is 8.43. The fourth-order valence-electron chi connectivity index (χ4n) is 5.74. The zero-order valence-electron chi connectivity index (χ0n) is 27.4. The van der Waals surface area contributed by atoms with Crippen LogP contribution in [0.1, 0.15) is 59.5 Å². The Morgan fingerprint density at radius 3 is 1.34 bits per heavy atom. The Hall–Kier alpha value is -5.36. The molecule has 2 amide bonds. The van der Waals surface area contributed by atoms with Crippen LogP contribution in [0.15, 0.2) is 109 Å². The number of rotatable bonds is 10. The minimum Gasteiger partial charge on any atom is -0.351 e. The maximum Gasteiger partial charge on any atom is 0.252 e. The minimum atomic E-state index is -0.422. The highest BCUT2D eigenvalue weighted by molar-refractivity contribution is 6.08. The second-order valence-electron chi connectivity index (χ2n) is 12.8. The summed E-state index contributed by atoms with van der Waals surface area (Å²) < 4.78 is 0. The van der Waals surface area contributed by atoms with Crippen molar-refractivity contribution >= 4 is 33.6 Å². The van der Waals surface area contributed by atoms with E-state index in [4.69, 9.17) is 9.97 Å². The second-order valence-corrected chi connectivity index (χ2v) is 12.8. The van der Waals surface area contributed by atoms with Gasteiger partial charge in [0.1, 0.15) is 0 Å². The number of hydrogen-bond donors (Lipinski definition) is 2. The summed E-state index contributed by atoms with van der Waals surface area (Å²) in [6, 6.07) is 35.8. The molecule has 0 atom stereocenters. The van der Waals surface area contributed by atoms with Crippen molar-refractivity contribution in [1.82, 2.24) is 20.6 Å². The number of carbonyl (C=O) groups is 2. The van der Waals surface area contributed by atoms with Crippen LogP contribution in [-0.4, -0.2) is 34.9 Å². The smallest absolute Gasteiger partial charge is 0.252 e. The average molecular weight is 621 g/mol. The molecule has 2 N–H and O–H groups in total. The minimum absolute atomic E-state index is 0.173. The van der Waals surface area contributed by atoms with Crippen molar-refractivity contribution in [2.24, 2.45) is 5.41 Å².